The number of nitrogens with two attached hydrogens (primary N) is 1. The number of hydrogen-bond donors (Lipinski definition) is 2. The number of rotatable bonds is 5. The fourth-order valence-electron chi connectivity index (χ4n) is 2.25. The van der Waals surface area contributed by atoms with Gasteiger partial charge in [-0.05, 0) is 30.7 Å². The molecule has 2 rings (SSSR count). The van der Waals surface area contributed by atoms with Crippen molar-refractivity contribution in [2.45, 2.75) is 13.0 Å². The molecule has 3 N–H and O–H groups in total. The third-order valence-corrected chi connectivity index (χ3v) is 3.34. The smallest absolute Gasteiger partial charge is 0.128 e. The average molecular weight is 290 g/mol. The average Bonchev–Trinajstić information content (AvgIpc) is 2.51. The second-order valence-electron chi connectivity index (χ2n) is 4.77. The summed E-state index contributed by atoms with van der Waals surface area (Å²) in [7, 11) is 3.13. The van der Waals surface area contributed by atoms with Crippen molar-refractivity contribution in [2.24, 2.45) is 5.84 Å². The van der Waals surface area contributed by atoms with Gasteiger partial charge in [-0.15, -0.1) is 0 Å². The molecular formula is C16H19FN2O2. The predicted octanol–water partition coefficient (Wildman–Crippen LogP) is 2.70. The number of hydrogen-bond acceptors (Lipinski definition) is 4. The SMILES string of the molecule is COc1cc(OC)cc(C(NN)c2cc(C)ccc2F)c1. The molecule has 0 fully saturated rings. The Kier molecular flexibility index (Phi) is 4.77. The maximum Gasteiger partial charge on any atom is 0.128 e. The highest BCUT2D eigenvalue weighted by atomic mass is 19.1. The van der Waals surface area contributed by atoms with Crippen LogP contribution in [0.3, 0.4) is 0 Å². The zero-order chi connectivity index (χ0) is 15.4. The fraction of sp³-hybridized carbons (Fsp3) is 0.250. The lowest BCUT2D eigenvalue weighted by molar-refractivity contribution is 0.392. The number of aryl methyl sites for hydroxylation is 1. The number of halogens is 1. The van der Waals surface area contributed by atoms with Crippen molar-refractivity contribution in [1.29, 1.82) is 0 Å². The molecule has 4 nitrogen and oxygen atoms in total. The van der Waals surface area contributed by atoms with Gasteiger partial charge >= 0.3 is 0 Å². The molecule has 0 saturated carbocycles. The first-order chi connectivity index (χ1) is 10.1. The van der Waals surface area contributed by atoms with Crippen LogP contribution in [0.25, 0.3) is 0 Å². The summed E-state index contributed by atoms with van der Waals surface area (Å²) in [4.78, 5) is 0. The van der Waals surface area contributed by atoms with Crippen molar-refractivity contribution in [3.63, 3.8) is 0 Å². The Bertz CT molecular complexity index is 609. The number of benzene rings is 2. The van der Waals surface area contributed by atoms with Gasteiger partial charge in [0, 0.05) is 11.6 Å². The maximum atomic E-state index is 14.1. The third-order valence-electron chi connectivity index (χ3n) is 3.34. The second-order valence-corrected chi connectivity index (χ2v) is 4.77. The van der Waals surface area contributed by atoms with Gasteiger partial charge in [0.15, 0.2) is 0 Å². The minimum Gasteiger partial charge on any atom is -0.497 e. The van der Waals surface area contributed by atoms with Crippen LogP contribution in [0.1, 0.15) is 22.7 Å². The minimum absolute atomic E-state index is 0.315. The zero-order valence-electron chi connectivity index (χ0n) is 12.3. The first-order valence-corrected chi connectivity index (χ1v) is 6.54. The summed E-state index contributed by atoms with van der Waals surface area (Å²) in [5.74, 6) is 6.57. The van der Waals surface area contributed by atoms with Crippen molar-refractivity contribution in [2.75, 3.05) is 14.2 Å². The van der Waals surface area contributed by atoms with Gasteiger partial charge in [0.05, 0.1) is 20.3 Å². The topological polar surface area (TPSA) is 56.5 Å². The predicted molar refractivity (Wildman–Crippen MR) is 79.8 cm³/mol. The molecule has 2 aromatic carbocycles. The van der Waals surface area contributed by atoms with Crippen molar-refractivity contribution in [3.05, 3.63) is 58.9 Å². The summed E-state index contributed by atoms with van der Waals surface area (Å²) in [5.41, 5.74) is 4.86. The van der Waals surface area contributed by atoms with Crippen LogP contribution in [0.5, 0.6) is 11.5 Å². The van der Waals surface area contributed by atoms with E-state index in [1.54, 1.807) is 44.6 Å². The van der Waals surface area contributed by atoms with E-state index in [1.807, 2.05) is 6.92 Å². The van der Waals surface area contributed by atoms with Gasteiger partial charge in [-0.2, -0.15) is 0 Å². The van der Waals surface area contributed by atoms with E-state index in [0.29, 0.717) is 17.1 Å². The van der Waals surface area contributed by atoms with Gasteiger partial charge in [-0.1, -0.05) is 17.7 Å². The Balaban J connectivity index is 2.52. The molecule has 0 amide bonds. The third kappa shape index (κ3) is 3.32. The molecule has 1 unspecified atom stereocenters. The quantitative estimate of drug-likeness (QED) is 0.656. The Labute approximate surface area is 123 Å². The van der Waals surface area contributed by atoms with Gasteiger partial charge in [-0.3, -0.25) is 5.84 Å². The van der Waals surface area contributed by atoms with E-state index in [4.69, 9.17) is 15.3 Å². The van der Waals surface area contributed by atoms with Crippen LogP contribution in [-0.2, 0) is 0 Å². The number of methoxy groups -OCH3 is 2. The highest BCUT2D eigenvalue weighted by molar-refractivity contribution is 5.43. The largest absolute Gasteiger partial charge is 0.497 e. The van der Waals surface area contributed by atoms with Gasteiger partial charge in [0.25, 0.3) is 0 Å². The lowest BCUT2D eigenvalue weighted by Gasteiger charge is -2.19. The van der Waals surface area contributed by atoms with E-state index >= 15 is 0 Å². The van der Waals surface area contributed by atoms with E-state index in [1.165, 1.54) is 6.07 Å². The molecule has 0 aliphatic carbocycles. The van der Waals surface area contributed by atoms with Crippen LogP contribution >= 0.6 is 0 Å². The molecule has 0 heterocycles. The Morgan fingerprint density at radius 3 is 2.19 bits per heavy atom. The number of nitrogens with one attached hydrogen (secondary N) is 1. The number of ether oxygens (including phenoxy) is 2. The molecule has 0 aliphatic rings. The van der Waals surface area contributed by atoms with Crippen LogP contribution < -0.4 is 20.7 Å². The second kappa shape index (κ2) is 6.56. The van der Waals surface area contributed by atoms with Gasteiger partial charge in [0.1, 0.15) is 17.3 Å². The molecule has 0 aliphatic heterocycles. The monoisotopic (exact) mass is 290 g/mol. The van der Waals surface area contributed by atoms with E-state index in [-0.39, 0.29) is 5.82 Å². The van der Waals surface area contributed by atoms with Crippen LogP contribution in [0.2, 0.25) is 0 Å². The Morgan fingerprint density at radius 2 is 1.67 bits per heavy atom. The molecule has 2 aromatic rings. The van der Waals surface area contributed by atoms with Crippen LogP contribution in [-0.4, -0.2) is 14.2 Å². The van der Waals surface area contributed by atoms with E-state index in [9.17, 15) is 4.39 Å². The van der Waals surface area contributed by atoms with Crippen molar-refractivity contribution >= 4 is 0 Å². The van der Waals surface area contributed by atoms with Crippen LogP contribution in [0, 0.1) is 12.7 Å². The van der Waals surface area contributed by atoms with E-state index < -0.39 is 6.04 Å². The Morgan fingerprint density at radius 1 is 1.05 bits per heavy atom. The van der Waals surface area contributed by atoms with Crippen molar-refractivity contribution in [1.82, 2.24) is 5.43 Å². The molecule has 112 valence electrons. The van der Waals surface area contributed by atoms with Crippen LogP contribution in [0.4, 0.5) is 4.39 Å². The molecule has 5 heteroatoms. The lowest BCUT2D eigenvalue weighted by Crippen LogP contribution is -2.29. The van der Waals surface area contributed by atoms with Gasteiger partial charge < -0.3 is 9.47 Å². The fourth-order valence-corrected chi connectivity index (χ4v) is 2.25. The zero-order valence-corrected chi connectivity index (χ0v) is 12.3. The van der Waals surface area contributed by atoms with Crippen molar-refractivity contribution < 1.29 is 13.9 Å². The van der Waals surface area contributed by atoms with Gasteiger partial charge in [-0.25, -0.2) is 9.82 Å². The van der Waals surface area contributed by atoms with Gasteiger partial charge in [0.2, 0.25) is 0 Å². The van der Waals surface area contributed by atoms with Crippen molar-refractivity contribution in [3.8, 4) is 11.5 Å². The van der Waals surface area contributed by atoms with E-state index in [2.05, 4.69) is 5.43 Å². The normalized spacial score (nSPS) is 12.0. The summed E-state index contributed by atoms with van der Waals surface area (Å²) in [6.07, 6.45) is 0. The maximum absolute atomic E-state index is 14.1. The highest BCUT2D eigenvalue weighted by Crippen LogP contribution is 2.31. The highest BCUT2D eigenvalue weighted by Gasteiger charge is 2.18. The minimum atomic E-state index is -0.492. The number of hydrazine groups is 1. The molecule has 0 radical (unpaired) electrons. The molecule has 0 saturated heterocycles. The van der Waals surface area contributed by atoms with E-state index in [0.717, 1.165) is 11.1 Å². The summed E-state index contributed by atoms with van der Waals surface area (Å²) in [5, 5.41) is 0. The lowest BCUT2D eigenvalue weighted by atomic mass is 9.97. The first kappa shape index (κ1) is 15.3. The molecular weight excluding hydrogens is 271 g/mol. The van der Waals surface area contributed by atoms with Crippen LogP contribution in [0.15, 0.2) is 36.4 Å². The standard InChI is InChI=1S/C16H19FN2O2/c1-10-4-5-15(17)14(6-10)16(19-18)11-7-12(20-2)9-13(8-11)21-3/h4-9,16,19H,18H2,1-3H3. The summed E-state index contributed by atoms with van der Waals surface area (Å²) >= 11 is 0. The summed E-state index contributed by atoms with van der Waals surface area (Å²) in [6, 6.07) is 9.79. The molecule has 21 heavy (non-hydrogen) atoms. The Hall–Kier alpha value is -2.11. The first-order valence-electron chi connectivity index (χ1n) is 6.54. The summed E-state index contributed by atoms with van der Waals surface area (Å²) in [6.45, 7) is 1.91. The summed E-state index contributed by atoms with van der Waals surface area (Å²) < 4.78 is 24.6. The molecule has 0 bridgehead atoms. The molecule has 0 spiro atoms. The molecule has 1 atom stereocenters. The molecule has 0 aromatic heterocycles.